The number of hydrogen-bond donors (Lipinski definition) is 3. The molecule has 0 spiro atoms. The van der Waals surface area contributed by atoms with E-state index in [1.165, 1.54) is 23.2 Å². The summed E-state index contributed by atoms with van der Waals surface area (Å²) in [6, 6.07) is 6.32. The number of rotatable bonds is 5. The molecule has 11 heteroatoms. The summed E-state index contributed by atoms with van der Waals surface area (Å²) in [5.41, 5.74) is 1.54. The van der Waals surface area contributed by atoms with Crippen molar-refractivity contribution in [2.45, 2.75) is 51.6 Å². The first kappa shape index (κ1) is 26.1. The molecule has 0 bridgehead atoms. The lowest BCUT2D eigenvalue weighted by Crippen LogP contribution is -2.59. The van der Waals surface area contributed by atoms with Crippen LogP contribution in [0.4, 0.5) is 20.7 Å². The van der Waals surface area contributed by atoms with Crippen molar-refractivity contribution in [2.75, 3.05) is 23.7 Å². The monoisotopic (exact) mass is 511 g/mol. The van der Waals surface area contributed by atoms with Crippen LogP contribution in [0.2, 0.25) is 0 Å². The Morgan fingerprint density at radius 2 is 1.73 bits per heavy atom. The van der Waals surface area contributed by atoms with Gasteiger partial charge < -0.3 is 20.2 Å². The van der Waals surface area contributed by atoms with Crippen molar-refractivity contribution < 1.29 is 28.7 Å². The van der Waals surface area contributed by atoms with Crippen LogP contribution in [0.5, 0.6) is 0 Å². The van der Waals surface area contributed by atoms with Gasteiger partial charge in [0.2, 0.25) is 5.91 Å². The Bertz CT molecular complexity index is 1210. The predicted octanol–water partition coefficient (Wildman–Crippen LogP) is 3.58. The van der Waals surface area contributed by atoms with Crippen LogP contribution in [-0.4, -0.2) is 62.8 Å². The maximum atomic E-state index is 13.6. The number of nitrogens with one attached hydrogen (secondary N) is 2. The van der Waals surface area contributed by atoms with Crippen LogP contribution in [0.1, 0.15) is 56.7 Å². The Morgan fingerprint density at radius 1 is 1.05 bits per heavy atom. The highest BCUT2D eigenvalue weighted by atomic mass is 19.1. The zero-order valence-electron chi connectivity index (χ0n) is 20.9. The van der Waals surface area contributed by atoms with Gasteiger partial charge in [0.15, 0.2) is 0 Å². The lowest BCUT2D eigenvalue weighted by atomic mass is 9.98. The SMILES string of the molecule is CC(C)C(=O)N1C[C@H](c2ccc(F)cc2)N(C(=O)C(=O)Nc2cnc(NC(=O)O)c(C3CC3)c2)C[C@H]1C. The number of halogens is 1. The molecule has 4 rings (SSSR count). The average Bonchev–Trinajstić information content (AvgIpc) is 3.69. The molecule has 0 radical (unpaired) electrons. The van der Waals surface area contributed by atoms with Crippen LogP contribution in [-0.2, 0) is 14.4 Å². The van der Waals surface area contributed by atoms with Gasteiger partial charge in [0, 0.05) is 30.6 Å². The van der Waals surface area contributed by atoms with E-state index >= 15 is 0 Å². The third-order valence-corrected chi connectivity index (χ3v) is 6.64. The van der Waals surface area contributed by atoms with Gasteiger partial charge in [-0.2, -0.15) is 0 Å². The topological polar surface area (TPSA) is 132 Å². The lowest BCUT2D eigenvalue weighted by molar-refractivity contribution is -0.152. The van der Waals surface area contributed by atoms with E-state index in [2.05, 4.69) is 15.6 Å². The second kappa shape index (κ2) is 10.5. The summed E-state index contributed by atoms with van der Waals surface area (Å²) in [5.74, 6) is -2.08. The minimum Gasteiger partial charge on any atom is -0.465 e. The minimum atomic E-state index is -1.24. The number of carboxylic acid groups (broad SMARTS) is 1. The van der Waals surface area contributed by atoms with Gasteiger partial charge in [0.05, 0.1) is 17.9 Å². The Morgan fingerprint density at radius 3 is 2.32 bits per heavy atom. The summed E-state index contributed by atoms with van der Waals surface area (Å²) in [6.07, 6.45) is 1.81. The standard InChI is InChI=1S/C26H30FN5O5/c1-14(2)24(34)31-13-21(17-6-8-18(27)9-7-17)32(12-15(31)3)25(35)23(33)29-19-10-20(16-4-5-16)22(28-11-19)30-26(36)37/h6-11,14-16,21H,4-5,12-13H2,1-3H3,(H,28,30)(H,29,33)(H,36,37)/t15-,21-/m1/s1. The fourth-order valence-electron chi connectivity index (χ4n) is 4.59. The van der Waals surface area contributed by atoms with E-state index in [-0.39, 0.29) is 48.4 Å². The second-order valence-electron chi connectivity index (χ2n) is 9.84. The van der Waals surface area contributed by atoms with Crippen LogP contribution in [0, 0.1) is 11.7 Å². The largest absolute Gasteiger partial charge is 0.465 e. The van der Waals surface area contributed by atoms with Gasteiger partial charge in [0.1, 0.15) is 11.6 Å². The first-order valence-electron chi connectivity index (χ1n) is 12.2. The number of hydrogen-bond acceptors (Lipinski definition) is 5. The maximum absolute atomic E-state index is 13.6. The van der Waals surface area contributed by atoms with E-state index < -0.39 is 29.8 Å². The van der Waals surface area contributed by atoms with Gasteiger partial charge >= 0.3 is 17.9 Å². The van der Waals surface area contributed by atoms with Crippen LogP contribution in [0.15, 0.2) is 36.5 Å². The normalized spacial score (nSPS) is 19.5. The predicted molar refractivity (Wildman–Crippen MR) is 133 cm³/mol. The minimum absolute atomic E-state index is 0.0649. The summed E-state index contributed by atoms with van der Waals surface area (Å²) in [4.78, 5) is 57.5. The Balaban J connectivity index is 1.57. The molecule has 2 heterocycles. The molecule has 1 aliphatic heterocycles. The number of benzene rings is 1. The fraction of sp³-hybridized carbons (Fsp3) is 0.423. The quantitative estimate of drug-likeness (QED) is 0.526. The molecule has 196 valence electrons. The zero-order valence-corrected chi connectivity index (χ0v) is 20.9. The van der Waals surface area contributed by atoms with E-state index in [1.54, 1.807) is 36.9 Å². The summed E-state index contributed by atoms with van der Waals surface area (Å²) in [7, 11) is 0. The molecule has 0 unspecified atom stereocenters. The average molecular weight is 512 g/mol. The van der Waals surface area contributed by atoms with Crippen molar-refractivity contribution in [2.24, 2.45) is 5.92 Å². The van der Waals surface area contributed by atoms with Crippen molar-refractivity contribution in [1.82, 2.24) is 14.8 Å². The fourth-order valence-corrected chi connectivity index (χ4v) is 4.59. The first-order chi connectivity index (χ1) is 17.5. The molecule has 3 N–H and O–H groups in total. The molecule has 2 aromatic rings. The Hall–Kier alpha value is -4.02. The van der Waals surface area contributed by atoms with Gasteiger partial charge in [-0.1, -0.05) is 26.0 Å². The molecule has 2 atom stereocenters. The number of nitrogens with zero attached hydrogens (tertiary/aromatic N) is 3. The van der Waals surface area contributed by atoms with Crippen LogP contribution in [0.3, 0.4) is 0 Å². The van der Waals surface area contributed by atoms with E-state index in [0.717, 1.165) is 12.8 Å². The van der Waals surface area contributed by atoms with Crippen molar-refractivity contribution in [3.63, 3.8) is 0 Å². The second-order valence-corrected chi connectivity index (χ2v) is 9.84. The highest BCUT2D eigenvalue weighted by Crippen LogP contribution is 2.43. The van der Waals surface area contributed by atoms with Crippen LogP contribution >= 0.6 is 0 Å². The van der Waals surface area contributed by atoms with Gasteiger partial charge in [-0.25, -0.2) is 14.2 Å². The summed E-state index contributed by atoms with van der Waals surface area (Å²) < 4.78 is 13.6. The maximum Gasteiger partial charge on any atom is 0.410 e. The molecular weight excluding hydrogens is 481 g/mol. The van der Waals surface area contributed by atoms with E-state index in [4.69, 9.17) is 5.11 Å². The van der Waals surface area contributed by atoms with Gasteiger partial charge in [-0.05, 0) is 49.4 Å². The zero-order chi connectivity index (χ0) is 26.9. The smallest absolute Gasteiger partial charge is 0.410 e. The molecule has 1 saturated heterocycles. The van der Waals surface area contributed by atoms with Crippen LogP contribution in [0.25, 0.3) is 0 Å². The number of carbonyl (C=O) groups excluding carboxylic acids is 3. The molecule has 1 aromatic heterocycles. The van der Waals surface area contributed by atoms with Gasteiger partial charge in [0.25, 0.3) is 0 Å². The molecule has 1 aromatic carbocycles. The number of aromatic nitrogens is 1. The van der Waals surface area contributed by atoms with Crippen molar-refractivity contribution in [3.05, 3.63) is 53.5 Å². The molecule has 2 aliphatic rings. The summed E-state index contributed by atoms with van der Waals surface area (Å²) in [6.45, 7) is 5.72. The van der Waals surface area contributed by atoms with E-state index in [9.17, 15) is 23.6 Å². The number of pyridine rings is 1. The molecule has 1 aliphatic carbocycles. The third-order valence-electron chi connectivity index (χ3n) is 6.64. The molecule has 1 saturated carbocycles. The van der Waals surface area contributed by atoms with E-state index in [0.29, 0.717) is 11.1 Å². The van der Waals surface area contributed by atoms with Gasteiger partial charge in [-0.3, -0.25) is 19.7 Å². The summed E-state index contributed by atoms with van der Waals surface area (Å²) in [5, 5.41) is 13.9. The first-order valence-corrected chi connectivity index (χ1v) is 12.2. The number of carbonyl (C=O) groups is 4. The molecule has 37 heavy (non-hydrogen) atoms. The van der Waals surface area contributed by atoms with Crippen molar-refractivity contribution in [1.29, 1.82) is 0 Å². The molecule has 2 fully saturated rings. The number of piperazine rings is 1. The molecular formula is C26H30FN5O5. The summed E-state index contributed by atoms with van der Waals surface area (Å²) >= 11 is 0. The van der Waals surface area contributed by atoms with E-state index in [1.807, 2.05) is 6.92 Å². The van der Waals surface area contributed by atoms with Crippen molar-refractivity contribution in [3.8, 4) is 0 Å². The Labute approximate surface area is 213 Å². The van der Waals surface area contributed by atoms with Gasteiger partial charge in [-0.15, -0.1) is 0 Å². The number of amides is 4. The third kappa shape index (κ3) is 5.87. The number of anilines is 2. The molecule has 10 nitrogen and oxygen atoms in total. The van der Waals surface area contributed by atoms with Crippen molar-refractivity contribution >= 4 is 35.3 Å². The Kier molecular flexibility index (Phi) is 7.42. The van der Waals surface area contributed by atoms with Crippen LogP contribution < -0.4 is 10.6 Å². The highest BCUT2D eigenvalue weighted by molar-refractivity contribution is 6.39. The lowest BCUT2D eigenvalue weighted by Gasteiger charge is -2.45. The highest BCUT2D eigenvalue weighted by Gasteiger charge is 2.40. The molecule has 4 amide bonds.